The molecule has 2 heterocycles. The van der Waals surface area contributed by atoms with Crippen LogP contribution in [0.15, 0.2) is 42.6 Å². The van der Waals surface area contributed by atoms with E-state index in [4.69, 9.17) is 4.74 Å². The van der Waals surface area contributed by atoms with Gasteiger partial charge in [0.15, 0.2) is 0 Å². The number of nitrogens with one attached hydrogen (secondary N) is 1. The largest absolute Gasteiger partial charge is 0.495 e. The zero-order valence-electron chi connectivity index (χ0n) is 17.0. The molecule has 1 aliphatic rings. The molecule has 1 aromatic carbocycles. The SMILES string of the molecule is COc1ccc(C)cc1NC(=O)CCN1CCCC[C@H]1CCc1ccccn1. The number of hydrogen-bond acceptors (Lipinski definition) is 4. The highest BCUT2D eigenvalue weighted by Gasteiger charge is 2.22. The second-order valence-corrected chi connectivity index (χ2v) is 7.55. The number of carbonyl (C=O) groups excluding carboxylic acids is 1. The molecule has 0 radical (unpaired) electrons. The van der Waals surface area contributed by atoms with Crippen molar-refractivity contribution in [2.75, 3.05) is 25.5 Å². The average Bonchev–Trinajstić information content (AvgIpc) is 2.72. The number of carbonyl (C=O) groups is 1. The van der Waals surface area contributed by atoms with E-state index in [2.05, 4.69) is 21.3 Å². The smallest absolute Gasteiger partial charge is 0.225 e. The quantitative estimate of drug-likeness (QED) is 0.744. The molecule has 0 aliphatic carbocycles. The van der Waals surface area contributed by atoms with Crippen LogP contribution in [0.25, 0.3) is 0 Å². The Morgan fingerprint density at radius 1 is 1.29 bits per heavy atom. The van der Waals surface area contributed by atoms with Crippen LogP contribution in [0.4, 0.5) is 5.69 Å². The minimum absolute atomic E-state index is 0.0398. The summed E-state index contributed by atoms with van der Waals surface area (Å²) in [5.41, 5.74) is 3.00. The summed E-state index contributed by atoms with van der Waals surface area (Å²) in [5.74, 6) is 0.739. The molecule has 0 saturated carbocycles. The van der Waals surface area contributed by atoms with Gasteiger partial charge in [-0.05, 0) is 69.0 Å². The second kappa shape index (κ2) is 10.2. The first-order valence-corrected chi connectivity index (χ1v) is 10.2. The molecule has 0 unspecified atom stereocenters. The van der Waals surface area contributed by atoms with Crippen molar-refractivity contribution in [1.29, 1.82) is 0 Å². The molecule has 1 N–H and O–H groups in total. The van der Waals surface area contributed by atoms with Crippen LogP contribution in [0.3, 0.4) is 0 Å². The highest BCUT2D eigenvalue weighted by atomic mass is 16.5. The molecule has 0 bridgehead atoms. The number of aryl methyl sites for hydroxylation is 2. The van der Waals surface area contributed by atoms with Crippen LogP contribution in [0.5, 0.6) is 5.75 Å². The van der Waals surface area contributed by atoms with Gasteiger partial charge < -0.3 is 10.1 Å². The summed E-state index contributed by atoms with van der Waals surface area (Å²) < 4.78 is 5.36. The lowest BCUT2D eigenvalue weighted by atomic mass is 9.97. The first kappa shape index (κ1) is 20.3. The first-order chi connectivity index (χ1) is 13.7. The number of benzene rings is 1. The predicted octanol–water partition coefficient (Wildman–Crippen LogP) is 4.21. The third-order valence-electron chi connectivity index (χ3n) is 5.46. The zero-order chi connectivity index (χ0) is 19.8. The molecule has 28 heavy (non-hydrogen) atoms. The fraction of sp³-hybridized carbons (Fsp3) is 0.478. The number of amides is 1. The van der Waals surface area contributed by atoms with Gasteiger partial charge >= 0.3 is 0 Å². The van der Waals surface area contributed by atoms with Crippen LogP contribution < -0.4 is 10.1 Å². The van der Waals surface area contributed by atoms with E-state index < -0.39 is 0 Å². The van der Waals surface area contributed by atoms with Crippen molar-refractivity contribution in [2.24, 2.45) is 0 Å². The summed E-state index contributed by atoms with van der Waals surface area (Å²) in [6.07, 6.45) is 8.15. The second-order valence-electron chi connectivity index (χ2n) is 7.55. The van der Waals surface area contributed by atoms with Crippen LogP contribution >= 0.6 is 0 Å². The lowest BCUT2D eigenvalue weighted by molar-refractivity contribution is -0.116. The number of anilines is 1. The van der Waals surface area contributed by atoms with Gasteiger partial charge in [0.25, 0.3) is 0 Å². The fourth-order valence-electron chi connectivity index (χ4n) is 3.92. The molecule has 1 aliphatic heterocycles. The lowest BCUT2D eigenvalue weighted by Gasteiger charge is -2.35. The Bertz CT molecular complexity index is 764. The maximum absolute atomic E-state index is 12.5. The Kier molecular flexibility index (Phi) is 7.43. The Balaban J connectivity index is 1.51. The van der Waals surface area contributed by atoms with Gasteiger partial charge in [-0.15, -0.1) is 0 Å². The first-order valence-electron chi connectivity index (χ1n) is 10.2. The number of hydrogen-bond donors (Lipinski definition) is 1. The van der Waals surface area contributed by atoms with Gasteiger partial charge in [-0.1, -0.05) is 18.6 Å². The van der Waals surface area contributed by atoms with Crippen LogP contribution in [-0.2, 0) is 11.2 Å². The molecular formula is C23H31N3O2. The van der Waals surface area contributed by atoms with Gasteiger partial charge in [0.2, 0.25) is 5.91 Å². The maximum atomic E-state index is 12.5. The van der Waals surface area contributed by atoms with E-state index >= 15 is 0 Å². The standard InChI is InChI=1S/C23H31N3O2/c1-18-9-12-22(28-2)21(17-18)25-23(27)13-16-26-15-6-4-8-20(26)11-10-19-7-3-5-14-24-19/h3,5,7,9,12,14,17,20H,4,6,8,10-11,13,15-16H2,1-2H3,(H,25,27)/t20-/m0/s1. The van der Waals surface area contributed by atoms with Crippen molar-refractivity contribution in [1.82, 2.24) is 9.88 Å². The van der Waals surface area contributed by atoms with Crippen molar-refractivity contribution in [3.63, 3.8) is 0 Å². The maximum Gasteiger partial charge on any atom is 0.225 e. The number of likely N-dealkylation sites (tertiary alicyclic amines) is 1. The van der Waals surface area contributed by atoms with Gasteiger partial charge in [-0.2, -0.15) is 0 Å². The summed E-state index contributed by atoms with van der Waals surface area (Å²) in [6, 6.07) is 12.5. The van der Waals surface area contributed by atoms with Crippen LogP contribution in [-0.4, -0.2) is 42.0 Å². The Hall–Kier alpha value is -2.40. The topological polar surface area (TPSA) is 54.5 Å². The van der Waals surface area contributed by atoms with Gasteiger partial charge in [0, 0.05) is 30.9 Å². The fourth-order valence-corrected chi connectivity index (χ4v) is 3.92. The van der Waals surface area contributed by atoms with Gasteiger partial charge in [0.1, 0.15) is 5.75 Å². The highest BCUT2D eigenvalue weighted by molar-refractivity contribution is 5.92. The predicted molar refractivity (Wildman–Crippen MR) is 113 cm³/mol. The van der Waals surface area contributed by atoms with Gasteiger partial charge in [-0.25, -0.2) is 0 Å². The van der Waals surface area contributed by atoms with E-state index in [1.54, 1.807) is 7.11 Å². The number of piperidine rings is 1. The number of pyridine rings is 1. The number of methoxy groups -OCH3 is 1. The molecular weight excluding hydrogens is 350 g/mol. The molecule has 1 saturated heterocycles. The van der Waals surface area contributed by atoms with Crippen molar-refractivity contribution < 1.29 is 9.53 Å². The molecule has 1 fully saturated rings. The number of rotatable bonds is 8. The summed E-state index contributed by atoms with van der Waals surface area (Å²) in [6.45, 7) is 3.88. The molecule has 3 rings (SSSR count). The van der Waals surface area contributed by atoms with E-state index in [0.29, 0.717) is 18.2 Å². The minimum atomic E-state index is 0.0398. The molecule has 1 amide bonds. The zero-order valence-corrected chi connectivity index (χ0v) is 17.0. The molecule has 5 nitrogen and oxygen atoms in total. The van der Waals surface area contributed by atoms with Crippen LogP contribution in [0.2, 0.25) is 0 Å². The number of nitrogens with zero attached hydrogens (tertiary/aromatic N) is 2. The van der Waals surface area contributed by atoms with Crippen molar-refractivity contribution in [3.05, 3.63) is 53.9 Å². The summed E-state index contributed by atoms with van der Waals surface area (Å²) >= 11 is 0. The Morgan fingerprint density at radius 2 is 2.18 bits per heavy atom. The van der Waals surface area contributed by atoms with E-state index in [1.165, 1.54) is 19.3 Å². The molecule has 150 valence electrons. The van der Waals surface area contributed by atoms with Gasteiger partial charge in [-0.3, -0.25) is 14.7 Å². The Morgan fingerprint density at radius 3 is 2.96 bits per heavy atom. The van der Waals surface area contributed by atoms with Crippen molar-refractivity contribution in [3.8, 4) is 5.75 Å². The molecule has 1 aromatic heterocycles. The molecule has 5 heteroatoms. The number of ether oxygens (including phenoxy) is 1. The van der Waals surface area contributed by atoms with Crippen molar-refractivity contribution >= 4 is 11.6 Å². The lowest BCUT2D eigenvalue weighted by Crippen LogP contribution is -2.41. The van der Waals surface area contributed by atoms with E-state index in [1.807, 2.05) is 43.5 Å². The molecule has 2 aromatic rings. The minimum Gasteiger partial charge on any atom is -0.495 e. The normalized spacial score (nSPS) is 17.3. The average molecular weight is 382 g/mol. The summed E-state index contributed by atoms with van der Waals surface area (Å²) in [7, 11) is 1.63. The third kappa shape index (κ3) is 5.80. The molecule has 1 atom stereocenters. The van der Waals surface area contributed by atoms with E-state index in [0.717, 1.165) is 42.9 Å². The summed E-state index contributed by atoms with van der Waals surface area (Å²) in [4.78, 5) is 19.4. The Labute approximate surface area is 168 Å². The van der Waals surface area contributed by atoms with E-state index in [-0.39, 0.29) is 5.91 Å². The van der Waals surface area contributed by atoms with Crippen LogP contribution in [0, 0.1) is 6.92 Å². The summed E-state index contributed by atoms with van der Waals surface area (Å²) in [5, 5.41) is 3.01. The number of aromatic nitrogens is 1. The monoisotopic (exact) mass is 381 g/mol. The third-order valence-corrected chi connectivity index (χ3v) is 5.46. The van der Waals surface area contributed by atoms with Gasteiger partial charge in [0.05, 0.1) is 12.8 Å². The van der Waals surface area contributed by atoms with Crippen LogP contribution in [0.1, 0.15) is 43.4 Å². The van der Waals surface area contributed by atoms with Crippen molar-refractivity contribution in [2.45, 2.75) is 51.5 Å². The molecule has 0 spiro atoms. The highest BCUT2D eigenvalue weighted by Crippen LogP contribution is 2.26. The van der Waals surface area contributed by atoms with E-state index in [9.17, 15) is 4.79 Å².